The van der Waals surface area contributed by atoms with Crippen LogP contribution in [0.2, 0.25) is 0 Å². The number of rotatable bonds is 7. The molecule has 0 aromatic heterocycles. The normalized spacial score (nSPS) is 22.4. The lowest BCUT2D eigenvalue weighted by Crippen LogP contribution is -2.27. The molecule has 3 heteroatoms. The van der Waals surface area contributed by atoms with Crippen molar-refractivity contribution in [3.63, 3.8) is 0 Å². The number of benzene rings is 1. The molecule has 118 valence electrons. The summed E-state index contributed by atoms with van der Waals surface area (Å²) in [6, 6.07) is 8.59. The zero-order chi connectivity index (χ0) is 15.3. The summed E-state index contributed by atoms with van der Waals surface area (Å²) in [7, 11) is 0. The van der Waals surface area contributed by atoms with Crippen molar-refractivity contribution < 1.29 is 4.74 Å². The molecule has 0 radical (unpaired) electrons. The van der Waals surface area contributed by atoms with Crippen LogP contribution in [0.1, 0.15) is 57.9 Å². The van der Waals surface area contributed by atoms with E-state index in [1.165, 1.54) is 29.3 Å². The van der Waals surface area contributed by atoms with Gasteiger partial charge in [0.05, 0.1) is 11.7 Å². The Morgan fingerprint density at radius 2 is 2.14 bits per heavy atom. The molecule has 1 aliphatic rings. The average Bonchev–Trinajstić information content (AvgIpc) is 2.78. The van der Waals surface area contributed by atoms with Crippen molar-refractivity contribution in [3.8, 4) is 0 Å². The molecule has 1 aromatic carbocycles. The zero-order valence-corrected chi connectivity index (χ0v) is 15.1. The van der Waals surface area contributed by atoms with Gasteiger partial charge in [0.25, 0.3) is 0 Å². The van der Waals surface area contributed by atoms with Crippen LogP contribution in [-0.2, 0) is 4.74 Å². The second-order valence-corrected chi connectivity index (χ2v) is 7.55. The molecular weight excluding hydrogens is 326 g/mol. The van der Waals surface area contributed by atoms with Gasteiger partial charge in [0.1, 0.15) is 0 Å². The summed E-state index contributed by atoms with van der Waals surface area (Å²) >= 11 is 3.71. The van der Waals surface area contributed by atoms with Crippen LogP contribution < -0.4 is 5.32 Å². The first-order chi connectivity index (χ1) is 10.0. The quantitative estimate of drug-likeness (QED) is 0.705. The number of ether oxygens (including phenoxy) is 1. The van der Waals surface area contributed by atoms with Gasteiger partial charge >= 0.3 is 0 Å². The van der Waals surface area contributed by atoms with Gasteiger partial charge in [-0.3, -0.25) is 0 Å². The van der Waals surface area contributed by atoms with Gasteiger partial charge in [-0.25, -0.2) is 0 Å². The van der Waals surface area contributed by atoms with Crippen molar-refractivity contribution in [1.29, 1.82) is 0 Å². The predicted molar refractivity (Wildman–Crippen MR) is 92.8 cm³/mol. The minimum absolute atomic E-state index is 0.0555. The molecule has 1 heterocycles. The Balaban J connectivity index is 2.04. The van der Waals surface area contributed by atoms with Crippen LogP contribution in [0.4, 0.5) is 0 Å². The van der Waals surface area contributed by atoms with E-state index < -0.39 is 0 Å². The molecule has 1 N–H and O–H groups in total. The molecule has 0 bridgehead atoms. The molecule has 1 aliphatic heterocycles. The van der Waals surface area contributed by atoms with Crippen LogP contribution >= 0.6 is 15.9 Å². The lowest BCUT2D eigenvalue weighted by molar-refractivity contribution is -0.0209. The smallest absolute Gasteiger partial charge is 0.0631 e. The van der Waals surface area contributed by atoms with E-state index in [1.807, 2.05) is 0 Å². The molecule has 2 atom stereocenters. The van der Waals surface area contributed by atoms with Crippen LogP contribution in [0.25, 0.3) is 0 Å². The number of hydrogen-bond donors (Lipinski definition) is 1. The molecule has 1 saturated heterocycles. The topological polar surface area (TPSA) is 21.3 Å². The van der Waals surface area contributed by atoms with Gasteiger partial charge in [0.2, 0.25) is 0 Å². The summed E-state index contributed by atoms with van der Waals surface area (Å²) in [4.78, 5) is 0. The molecule has 0 amide bonds. The summed E-state index contributed by atoms with van der Waals surface area (Å²) in [5.41, 5.74) is 1.45. The summed E-state index contributed by atoms with van der Waals surface area (Å²) in [5, 5.41) is 3.58. The van der Waals surface area contributed by atoms with E-state index in [-0.39, 0.29) is 5.60 Å². The number of halogens is 1. The molecule has 2 unspecified atom stereocenters. The minimum atomic E-state index is 0.0555. The average molecular weight is 354 g/mol. The Hall–Kier alpha value is -0.380. The lowest BCUT2D eigenvalue weighted by Gasteiger charge is -2.25. The standard InChI is InChI=1S/C18H28BrNO/c1-4-11-20-13-14(16-7-5-6-8-17(16)19)12-15-9-10-18(2,3)21-15/h5-8,14-15,20H,4,9-13H2,1-3H3. The third-order valence-corrected chi connectivity index (χ3v) is 4.99. The first kappa shape index (κ1) is 17.0. The molecule has 21 heavy (non-hydrogen) atoms. The van der Waals surface area contributed by atoms with Gasteiger partial charge in [-0.05, 0) is 63.6 Å². The van der Waals surface area contributed by atoms with Crippen LogP contribution in [-0.4, -0.2) is 24.8 Å². The molecular formula is C18H28BrNO. The van der Waals surface area contributed by atoms with E-state index in [9.17, 15) is 0 Å². The Morgan fingerprint density at radius 3 is 2.76 bits per heavy atom. The summed E-state index contributed by atoms with van der Waals surface area (Å²) < 4.78 is 7.42. The second kappa shape index (κ2) is 7.75. The SMILES string of the molecule is CCCNCC(CC1CCC(C)(C)O1)c1ccccc1Br. The van der Waals surface area contributed by atoms with Crippen molar-refractivity contribution in [2.75, 3.05) is 13.1 Å². The highest BCUT2D eigenvalue weighted by Gasteiger charge is 2.33. The minimum Gasteiger partial charge on any atom is -0.372 e. The summed E-state index contributed by atoms with van der Waals surface area (Å²) in [5.74, 6) is 0.506. The molecule has 2 nitrogen and oxygen atoms in total. The van der Waals surface area contributed by atoms with Crippen LogP contribution in [0, 0.1) is 0 Å². The van der Waals surface area contributed by atoms with Crippen molar-refractivity contribution in [2.24, 2.45) is 0 Å². The van der Waals surface area contributed by atoms with Gasteiger partial charge in [0, 0.05) is 11.0 Å². The maximum absolute atomic E-state index is 6.20. The number of hydrogen-bond acceptors (Lipinski definition) is 2. The zero-order valence-electron chi connectivity index (χ0n) is 13.5. The van der Waals surface area contributed by atoms with Crippen molar-refractivity contribution in [3.05, 3.63) is 34.3 Å². The third kappa shape index (κ3) is 5.08. The Kier molecular flexibility index (Phi) is 6.27. The fourth-order valence-corrected chi connectivity index (χ4v) is 3.75. The highest BCUT2D eigenvalue weighted by molar-refractivity contribution is 9.10. The fraction of sp³-hybridized carbons (Fsp3) is 0.667. The molecule has 0 spiro atoms. The monoisotopic (exact) mass is 353 g/mol. The molecule has 0 aliphatic carbocycles. The van der Waals surface area contributed by atoms with E-state index >= 15 is 0 Å². The van der Waals surface area contributed by atoms with Crippen molar-refractivity contribution >= 4 is 15.9 Å². The maximum Gasteiger partial charge on any atom is 0.0631 e. The van der Waals surface area contributed by atoms with E-state index in [2.05, 4.69) is 66.3 Å². The first-order valence-electron chi connectivity index (χ1n) is 8.15. The van der Waals surface area contributed by atoms with Crippen LogP contribution in [0.15, 0.2) is 28.7 Å². The molecule has 2 rings (SSSR count). The van der Waals surface area contributed by atoms with Crippen molar-refractivity contribution in [2.45, 2.75) is 64.1 Å². The van der Waals surface area contributed by atoms with E-state index in [0.717, 1.165) is 19.5 Å². The van der Waals surface area contributed by atoms with Crippen molar-refractivity contribution in [1.82, 2.24) is 5.32 Å². The highest BCUT2D eigenvalue weighted by Crippen LogP contribution is 2.36. The largest absolute Gasteiger partial charge is 0.372 e. The second-order valence-electron chi connectivity index (χ2n) is 6.70. The number of nitrogens with one attached hydrogen (secondary N) is 1. The highest BCUT2D eigenvalue weighted by atomic mass is 79.9. The van der Waals surface area contributed by atoms with Gasteiger partial charge in [-0.1, -0.05) is 41.1 Å². The van der Waals surface area contributed by atoms with E-state index in [0.29, 0.717) is 12.0 Å². The van der Waals surface area contributed by atoms with Gasteiger partial charge in [0.15, 0.2) is 0 Å². The van der Waals surface area contributed by atoms with Gasteiger partial charge in [-0.15, -0.1) is 0 Å². The fourth-order valence-electron chi connectivity index (χ4n) is 3.14. The summed E-state index contributed by atoms with van der Waals surface area (Å²) in [6.45, 7) is 8.73. The molecule has 1 fully saturated rings. The summed E-state index contributed by atoms with van der Waals surface area (Å²) in [6.07, 6.45) is 5.02. The van der Waals surface area contributed by atoms with Crippen LogP contribution in [0.5, 0.6) is 0 Å². The van der Waals surface area contributed by atoms with Crippen LogP contribution in [0.3, 0.4) is 0 Å². The van der Waals surface area contributed by atoms with Gasteiger partial charge in [-0.2, -0.15) is 0 Å². The maximum atomic E-state index is 6.20. The molecule has 1 aromatic rings. The lowest BCUT2D eigenvalue weighted by atomic mass is 9.91. The molecule has 0 saturated carbocycles. The first-order valence-corrected chi connectivity index (χ1v) is 8.94. The van der Waals surface area contributed by atoms with Gasteiger partial charge < -0.3 is 10.1 Å². The van der Waals surface area contributed by atoms with E-state index in [4.69, 9.17) is 4.74 Å². The van der Waals surface area contributed by atoms with E-state index in [1.54, 1.807) is 0 Å². The Morgan fingerprint density at radius 1 is 1.38 bits per heavy atom. The Labute approximate surface area is 137 Å². The Bertz CT molecular complexity index is 447. The predicted octanol–water partition coefficient (Wildman–Crippen LogP) is 4.88. The third-order valence-electron chi connectivity index (χ3n) is 4.26.